The molecule has 0 aliphatic heterocycles. The molecule has 0 spiro atoms. The number of aromatic nitrogens is 2. The summed E-state index contributed by atoms with van der Waals surface area (Å²) < 4.78 is 2.47. The Morgan fingerprint density at radius 3 is 2.37 bits per heavy atom. The van der Waals surface area contributed by atoms with Crippen molar-refractivity contribution in [1.29, 1.82) is 0 Å². The van der Waals surface area contributed by atoms with E-state index in [9.17, 15) is 0 Å². The van der Waals surface area contributed by atoms with E-state index < -0.39 is 0 Å². The molecule has 100 valence electrons. The van der Waals surface area contributed by atoms with Gasteiger partial charge in [-0.1, -0.05) is 12.1 Å². The average molecular weight is 275 g/mol. The Morgan fingerprint density at radius 1 is 1.16 bits per heavy atom. The van der Waals surface area contributed by atoms with Crippen LogP contribution in [0.25, 0.3) is 11.0 Å². The molecule has 19 heavy (non-hydrogen) atoms. The van der Waals surface area contributed by atoms with Crippen molar-refractivity contribution in [2.75, 3.05) is 0 Å². The van der Waals surface area contributed by atoms with Crippen LogP contribution < -0.4 is 0 Å². The minimum atomic E-state index is -0.0209. The summed E-state index contributed by atoms with van der Waals surface area (Å²) in [6.07, 6.45) is 5.52. The van der Waals surface area contributed by atoms with E-state index in [1.54, 1.807) is 0 Å². The summed E-state index contributed by atoms with van der Waals surface area (Å²) in [5.41, 5.74) is 2.37. The number of hydrogen-bond acceptors (Lipinski definition) is 1. The Kier molecular flexibility index (Phi) is 2.63. The van der Waals surface area contributed by atoms with Crippen LogP contribution in [0, 0.1) is 11.8 Å². The topological polar surface area (TPSA) is 17.8 Å². The molecule has 0 saturated heterocycles. The summed E-state index contributed by atoms with van der Waals surface area (Å²) in [5, 5.41) is -0.0209. The highest BCUT2D eigenvalue weighted by molar-refractivity contribution is 6.20. The molecule has 3 heteroatoms. The number of para-hydroxylation sites is 2. The molecule has 2 saturated carbocycles. The van der Waals surface area contributed by atoms with Gasteiger partial charge in [0.1, 0.15) is 5.82 Å². The van der Waals surface area contributed by atoms with Crippen molar-refractivity contribution in [2.45, 2.75) is 44.0 Å². The maximum Gasteiger partial charge on any atom is 0.127 e. The average Bonchev–Trinajstić information content (AvgIpc) is 3.28. The molecule has 0 bridgehead atoms. The zero-order chi connectivity index (χ0) is 13.0. The Balaban J connectivity index is 1.91. The SMILES string of the molecule is CC(Cl)c1nc2ccccc2n1C(C1CC1)C1CC1. The summed E-state index contributed by atoms with van der Waals surface area (Å²) in [6, 6.07) is 9.11. The lowest BCUT2D eigenvalue weighted by atomic mass is 10.1. The fraction of sp³-hybridized carbons (Fsp3) is 0.562. The Labute approximate surface area is 118 Å². The molecule has 1 heterocycles. The van der Waals surface area contributed by atoms with Gasteiger partial charge in [0.25, 0.3) is 0 Å². The highest BCUT2D eigenvalue weighted by Crippen LogP contribution is 2.53. The van der Waals surface area contributed by atoms with Crippen molar-refractivity contribution in [1.82, 2.24) is 9.55 Å². The Morgan fingerprint density at radius 2 is 1.79 bits per heavy atom. The number of alkyl halides is 1. The predicted molar refractivity (Wildman–Crippen MR) is 78.5 cm³/mol. The lowest BCUT2D eigenvalue weighted by Crippen LogP contribution is -2.16. The van der Waals surface area contributed by atoms with Crippen molar-refractivity contribution >= 4 is 22.6 Å². The first-order valence-electron chi connectivity index (χ1n) is 7.36. The monoisotopic (exact) mass is 274 g/mol. The smallest absolute Gasteiger partial charge is 0.127 e. The number of imidazole rings is 1. The van der Waals surface area contributed by atoms with Crippen LogP contribution in [0.3, 0.4) is 0 Å². The van der Waals surface area contributed by atoms with Crippen molar-refractivity contribution in [3.63, 3.8) is 0 Å². The van der Waals surface area contributed by atoms with Crippen LogP contribution in [0.5, 0.6) is 0 Å². The molecule has 0 radical (unpaired) electrons. The third-order valence-corrected chi connectivity index (χ3v) is 4.68. The maximum absolute atomic E-state index is 6.39. The van der Waals surface area contributed by atoms with Crippen molar-refractivity contribution < 1.29 is 0 Å². The Hall–Kier alpha value is -1.02. The van der Waals surface area contributed by atoms with Gasteiger partial charge in [-0.15, -0.1) is 11.6 Å². The van der Waals surface area contributed by atoms with Crippen LogP contribution >= 0.6 is 11.6 Å². The van der Waals surface area contributed by atoms with E-state index in [1.807, 2.05) is 6.92 Å². The van der Waals surface area contributed by atoms with Gasteiger partial charge in [0, 0.05) is 6.04 Å². The number of fused-ring (bicyclic) bond motifs is 1. The fourth-order valence-corrected chi connectivity index (χ4v) is 3.49. The number of hydrogen-bond donors (Lipinski definition) is 0. The predicted octanol–water partition coefficient (Wildman–Crippen LogP) is 4.70. The molecule has 2 aromatic rings. The molecule has 1 atom stereocenters. The second-order valence-electron chi connectivity index (χ2n) is 6.11. The van der Waals surface area contributed by atoms with E-state index >= 15 is 0 Å². The maximum atomic E-state index is 6.39. The molecule has 1 aromatic heterocycles. The molecular formula is C16H19ClN2. The molecule has 2 aliphatic carbocycles. The first-order chi connectivity index (χ1) is 9.25. The summed E-state index contributed by atoms with van der Waals surface area (Å²) in [5.74, 6) is 2.78. The van der Waals surface area contributed by atoms with Crippen LogP contribution in [-0.4, -0.2) is 9.55 Å². The largest absolute Gasteiger partial charge is 0.323 e. The molecule has 0 N–H and O–H groups in total. The van der Waals surface area contributed by atoms with Gasteiger partial charge in [-0.05, 0) is 56.6 Å². The van der Waals surface area contributed by atoms with Crippen molar-refractivity contribution in [3.8, 4) is 0 Å². The summed E-state index contributed by atoms with van der Waals surface area (Å²) in [4.78, 5) is 4.78. The zero-order valence-corrected chi connectivity index (χ0v) is 12.0. The first-order valence-corrected chi connectivity index (χ1v) is 7.80. The van der Waals surface area contributed by atoms with Gasteiger partial charge in [0.2, 0.25) is 0 Å². The van der Waals surface area contributed by atoms with Crippen LogP contribution in [0.4, 0.5) is 0 Å². The number of benzene rings is 1. The van der Waals surface area contributed by atoms with Gasteiger partial charge < -0.3 is 4.57 Å². The summed E-state index contributed by atoms with van der Waals surface area (Å²) in [6.45, 7) is 2.04. The van der Waals surface area contributed by atoms with E-state index in [2.05, 4.69) is 28.8 Å². The molecule has 1 unspecified atom stereocenters. The second-order valence-corrected chi connectivity index (χ2v) is 6.76. The van der Waals surface area contributed by atoms with Gasteiger partial charge in [-0.25, -0.2) is 4.98 Å². The van der Waals surface area contributed by atoms with E-state index in [-0.39, 0.29) is 5.38 Å². The second kappa shape index (κ2) is 4.24. The first kappa shape index (κ1) is 11.8. The lowest BCUT2D eigenvalue weighted by Gasteiger charge is -2.22. The van der Waals surface area contributed by atoms with Crippen LogP contribution in [0.1, 0.15) is 49.9 Å². The molecule has 2 fully saturated rings. The normalized spacial score (nSPS) is 21.2. The van der Waals surface area contributed by atoms with E-state index in [0.717, 1.165) is 23.2 Å². The van der Waals surface area contributed by atoms with E-state index in [1.165, 1.54) is 31.2 Å². The minimum Gasteiger partial charge on any atom is -0.323 e. The molecule has 2 nitrogen and oxygen atoms in total. The molecule has 1 aromatic carbocycles. The third-order valence-electron chi connectivity index (χ3n) is 4.49. The van der Waals surface area contributed by atoms with Crippen molar-refractivity contribution in [3.05, 3.63) is 30.1 Å². The standard InChI is InChI=1S/C16H19ClN2/c1-10(17)16-18-13-4-2-3-5-14(13)19(16)15(11-6-7-11)12-8-9-12/h2-5,10-12,15H,6-9H2,1H3. The fourth-order valence-electron chi connectivity index (χ4n) is 3.34. The van der Waals surface area contributed by atoms with Crippen LogP contribution in [0.15, 0.2) is 24.3 Å². The van der Waals surface area contributed by atoms with Gasteiger partial charge in [-0.2, -0.15) is 0 Å². The van der Waals surface area contributed by atoms with Gasteiger partial charge in [0.05, 0.1) is 16.4 Å². The van der Waals surface area contributed by atoms with Crippen LogP contribution in [-0.2, 0) is 0 Å². The highest BCUT2D eigenvalue weighted by Gasteiger charge is 2.44. The number of halogens is 1. The number of rotatable bonds is 4. The van der Waals surface area contributed by atoms with E-state index in [0.29, 0.717) is 6.04 Å². The third kappa shape index (κ3) is 1.97. The van der Waals surface area contributed by atoms with Gasteiger partial charge in [-0.3, -0.25) is 0 Å². The lowest BCUT2D eigenvalue weighted by molar-refractivity contribution is 0.392. The minimum absolute atomic E-state index is 0.0209. The van der Waals surface area contributed by atoms with E-state index in [4.69, 9.17) is 16.6 Å². The summed E-state index contributed by atoms with van der Waals surface area (Å²) in [7, 11) is 0. The van der Waals surface area contributed by atoms with Crippen molar-refractivity contribution in [2.24, 2.45) is 11.8 Å². The molecule has 2 aliphatic rings. The Bertz CT molecular complexity index is 596. The van der Waals surface area contributed by atoms with Gasteiger partial charge in [0.15, 0.2) is 0 Å². The van der Waals surface area contributed by atoms with Crippen LogP contribution in [0.2, 0.25) is 0 Å². The number of nitrogens with zero attached hydrogens (tertiary/aromatic N) is 2. The summed E-state index contributed by atoms with van der Waals surface area (Å²) >= 11 is 6.39. The zero-order valence-electron chi connectivity index (χ0n) is 11.2. The van der Waals surface area contributed by atoms with Gasteiger partial charge >= 0.3 is 0 Å². The molecule has 0 amide bonds. The quantitative estimate of drug-likeness (QED) is 0.739. The molecular weight excluding hydrogens is 256 g/mol. The molecule has 4 rings (SSSR count). The highest BCUT2D eigenvalue weighted by atomic mass is 35.5.